The number of carbonyl (C=O) groups excluding carboxylic acids is 4. The van der Waals surface area contributed by atoms with E-state index in [-0.39, 0.29) is 18.6 Å². The highest BCUT2D eigenvalue weighted by Crippen LogP contribution is 2.40. The van der Waals surface area contributed by atoms with E-state index < -0.39 is 41.6 Å². The van der Waals surface area contributed by atoms with Crippen molar-refractivity contribution in [3.8, 4) is 22.6 Å². The summed E-state index contributed by atoms with van der Waals surface area (Å²) in [6.45, 7) is 6.82. The number of fused-ring (bicyclic) bond motifs is 5. The maximum absolute atomic E-state index is 13.8. The molecule has 2 aromatic rings. The zero-order valence-corrected chi connectivity index (χ0v) is 24.3. The van der Waals surface area contributed by atoms with Gasteiger partial charge in [0.2, 0.25) is 5.91 Å². The number of likely N-dealkylation sites (N-methyl/N-ethyl adjacent to an activating group) is 1. The van der Waals surface area contributed by atoms with Gasteiger partial charge in [0.15, 0.2) is 5.78 Å². The Kier molecular flexibility index (Phi) is 9.44. The van der Waals surface area contributed by atoms with Crippen LogP contribution in [-0.2, 0) is 30.3 Å². The van der Waals surface area contributed by atoms with Crippen LogP contribution in [0.1, 0.15) is 51.3 Å². The zero-order valence-electron chi connectivity index (χ0n) is 24.3. The van der Waals surface area contributed by atoms with Crippen molar-refractivity contribution in [3.63, 3.8) is 0 Å². The number of rotatable bonds is 4. The predicted octanol–water partition coefficient (Wildman–Crippen LogP) is 4.09. The lowest BCUT2D eigenvalue weighted by Gasteiger charge is -2.31. The fourth-order valence-electron chi connectivity index (χ4n) is 4.65. The number of hydrogen-bond acceptors (Lipinski definition) is 8. The minimum absolute atomic E-state index is 0.155. The van der Waals surface area contributed by atoms with E-state index in [1.165, 1.54) is 33.3 Å². The van der Waals surface area contributed by atoms with E-state index in [9.17, 15) is 19.2 Å². The van der Waals surface area contributed by atoms with Gasteiger partial charge in [-0.15, -0.1) is 0 Å². The van der Waals surface area contributed by atoms with Crippen LogP contribution in [0.25, 0.3) is 11.1 Å². The minimum atomic E-state index is -1.07. The fourth-order valence-corrected chi connectivity index (χ4v) is 4.65. The van der Waals surface area contributed by atoms with E-state index in [0.29, 0.717) is 28.2 Å². The highest BCUT2D eigenvalue weighted by Gasteiger charge is 2.35. The summed E-state index contributed by atoms with van der Waals surface area (Å²) in [4.78, 5) is 53.9. The Labute approximate surface area is 234 Å². The average Bonchev–Trinajstić information content (AvgIpc) is 2.90. The summed E-state index contributed by atoms with van der Waals surface area (Å²) in [5.41, 5.74) is 1.73. The maximum atomic E-state index is 13.8. The number of nitrogens with one attached hydrogen (secondary N) is 1. The lowest BCUT2D eigenvalue weighted by Crippen LogP contribution is -2.46. The number of hydrogen-bond donors (Lipinski definition) is 1. The molecule has 1 aliphatic heterocycles. The fraction of sp³-hybridized carbons (Fsp3) is 0.467. The minimum Gasteiger partial charge on any atom is -0.496 e. The first kappa shape index (κ1) is 30.5. The molecule has 2 aromatic carbocycles. The Bertz CT molecular complexity index is 1280. The van der Waals surface area contributed by atoms with Gasteiger partial charge in [-0.05, 0) is 56.2 Å². The molecule has 0 aliphatic carbocycles. The van der Waals surface area contributed by atoms with Gasteiger partial charge in [0, 0.05) is 36.9 Å². The molecule has 10 nitrogen and oxygen atoms in total. The number of carbonyl (C=O) groups is 4. The average molecular weight is 555 g/mol. The van der Waals surface area contributed by atoms with Gasteiger partial charge in [-0.25, -0.2) is 9.59 Å². The summed E-state index contributed by atoms with van der Waals surface area (Å²) in [5.74, 6) is -1.21. The quantitative estimate of drug-likeness (QED) is 0.561. The molecule has 0 saturated carbocycles. The Balaban J connectivity index is 2.27. The highest BCUT2D eigenvalue weighted by molar-refractivity contribution is 5.94. The molecule has 40 heavy (non-hydrogen) atoms. The standard InChI is InChI=1S/C30H38N2O8/c1-17-13-23(33)26(32(5)29(36)40-30(2,3)4)19-10-12-25(38-7)21(16-19)20-14-18(9-11-24(20)37-6)15-22(28(35)39-8)31-27(17)34/h9-12,14,16-17,22,26H,13,15H2,1-8H3,(H,31,34)/t17-,22+,26+/m1/s1. The number of amides is 2. The summed E-state index contributed by atoms with van der Waals surface area (Å²) in [6, 6.07) is 8.57. The summed E-state index contributed by atoms with van der Waals surface area (Å²) in [5, 5.41) is 2.73. The maximum Gasteiger partial charge on any atom is 0.410 e. The summed E-state index contributed by atoms with van der Waals surface area (Å²) < 4.78 is 21.8. The molecule has 10 heteroatoms. The molecule has 3 atom stereocenters. The number of esters is 1. The summed E-state index contributed by atoms with van der Waals surface area (Å²) in [6.07, 6.45) is -0.720. The van der Waals surface area contributed by atoms with Crippen molar-refractivity contribution in [2.75, 3.05) is 28.4 Å². The second-order valence-electron chi connectivity index (χ2n) is 10.8. The van der Waals surface area contributed by atoms with Crippen LogP contribution in [0.15, 0.2) is 36.4 Å². The lowest BCUT2D eigenvalue weighted by molar-refractivity contribution is -0.145. The van der Waals surface area contributed by atoms with Gasteiger partial charge >= 0.3 is 12.1 Å². The Morgan fingerprint density at radius 1 is 0.925 bits per heavy atom. The number of ether oxygens (including phenoxy) is 4. The van der Waals surface area contributed by atoms with E-state index >= 15 is 0 Å². The molecule has 4 bridgehead atoms. The van der Waals surface area contributed by atoms with Crippen LogP contribution in [0.2, 0.25) is 0 Å². The highest BCUT2D eigenvalue weighted by atomic mass is 16.6. The van der Waals surface area contributed by atoms with Gasteiger partial charge in [-0.2, -0.15) is 0 Å². The van der Waals surface area contributed by atoms with Crippen LogP contribution >= 0.6 is 0 Å². The van der Waals surface area contributed by atoms with Crippen LogP contribution in [0.5, 0.6) is 11.5 Å². The molecule has 0 unspecified atom stereocenters. The van der Waals surface area contributed by atoms with Gasteiger partial charge in [0.1, 0.15) is 29.2 Å². The largest absolute Gasteiger partial charge is 0.496 e. The molecule has 3 rings (SSSR count). The SMILES string of the molecule is COC(=O)[C@@H]1Cc2ccc(OC)c(c2)-c2cc(ccc2OC)[C@H](N(C)C(=O)OC(C)(C)C)C(=O)C[C@@H](C)C(=O)N1. The molecule has 0 saturated heterocycles. The molecule has 0 spiro atoms. The van der Waals surface area contributed by atoms with Crippen LogP contribution in [0, 0.1) is 5.92 Å². The topological polar surface area (TPSA) is 120 Å². The summed E-state index contributed by atoms with van der Waals surface area (Å²) >= 11 is 0. The number of Topliss-reactive ketones (excluding diaryl/α,β-unsaturated/α-hetero) is 1. The molecule has 2 amide bonds. The number of benzene rings is 2. The van der Waals surface area contributed by atoms with Crippen molar-refractivity contribution >= 4 is 23.8 Å². The molecule has 0 radical (unpaired) electrons. The molecular weight excluding hydrogens is 516 g/mol. The third kappa shape index (κ3) is 6.91. The number of ketones is 1. The third-order valence-corrected chi connectivity index (χ3v) is 6.66. The van der Waals surface area contributed by atoms with Gasteiger partial charge in [0.05, 0.1) is 21.3 Å². The normalized spacial score (nSPS) is 19.6. The van der Waals surface area contributed by atoms with E-state index in [1.807, 2.05) is 6.07 Å². The number of nitrogens with zero attached hydrogens (tertiary/aromatic N) is 1. The Morgan fingerprint density at radius 2 is 1.52 bits per heavy atom. The van der Waals surface area contributed by atoms with Crippen molar-refractivity contribution in [3.05, 3.63) is 47.5 Å². The molecule has 1 aliphatic rings. The predicted molar refractivity (Wildman–Crippen MR) is 148 cm³/mol. The molecule has 216 valence electrons. The number of methoxy groups -OCH3 is 3. The molecular formula is C30H38N2O8. The van der Waals surface area contributed by atoms with Crippen LogP contribution in [0.4, 0.5) is 4.79 Å². The van der Waals surface area contributed by atoms with Crippen LogP contribution in [0.3, 0.4) is 0 Å². The van der Waals surface area contributed by atoms with Gasteiger partial charge < -0.3 is 24.3 Å². The third-order valence-electron chi connectivity index (χ3n) is 6.66. The first-order valence-corrected chi connectivity index (χ1v) is 13.0. The van der Waals surface area contributed by atoms with E-state index in [0.717, 1.165) is 5.56 Å². The van der Waals surface area contributed by atoms with Crippen molar-refractivity contribution in [2.24, 2.45) is 5.92 Å². The van der Waals surface area contributed by atoms with Crippen LogP contribution in [-0.4, -0.2) is 68.7 Å². The first-order chi connectivity index (χ1) is 18.8. The van der Waals surface area contributed by atoms with E-state index in [1.54, 1.807) is 58.0 Å². The smallest absolute Gasteiger partial charge is 0.410 e. The van der Waals surface area contributed by atoms with E-state index in [4.69, 9.17) is 18.9 Å². The van der Waals surface area contributed by atoms with Crippen molar-refractivity contribution < 1.29 is 38.1 Å². The lowest BCUT2D eigenvalue weighted by atomic mass is 9.90. The molecule has 1 N–H and O–H groups in total. The monoisotopic (exact) mass is 554 g/mol. The molecule has 1 heterocycles. The zero-order chi connectivity index (χ0) is 29.8. The first-order valence-electron chi connectivity index (χ1n) is 13.0. The van der Waals surface area contributed by atoms with Gasteiger partial charge in [-0.3, -0.25) is 14.5 Å². The van der Waals surface area contributed by atoms with Crippen molar-refractivity contribution in [1.82, 2.24) is 10.2 Å². The second-order valence-corrected chi connectivity index (χ2v) is 10.8. The van der Waals surface area contributed by atoms with Gasteiger partial charge in [-0.1, -0.05) is 19.1 Å². The Morgan fingerprint density at radius 3 is 2.10 bits per heavy atom. The van der Waals surface area contributed by atoms with Gasteiger partial charge in [0.25, 0.3) is 0 Å². The molecule has 0 fully saturated rings. The summed E-state index contributed by atoms with van der Waals surface area (Å²) in [7, 11) is 5.81. The van der Waals surface area contributed by atoms with Crippen molar-refractivity contribution in [1.29, 1.82) is 0 Å². The van der Waals surface area contributed by atoms with Crippen LogP contribution < -0.4 is 14.8 Å². The van der Waals surface area contributed by atoms with Crippen molar-refractivity contribution in [2.45, 2.75) is 58.2 Å². The Hall–Kier alpha value is -4.08. The van der Waals surface area contributed by atoms with E-state index in [2.05, 4.69) is 5.32 Å². The second kappa shape index (κ2) is 12.4. The molecule has 0 aromatic heterocycles.